The smallest absolute Gasteiger partial charge is 0.142 e. The average Bonchev–Trinajstić information content (AvgIpc) is 2.58. The molecule has 1 aromatic rings. The monoisotopic (exact) mass is 319 g/mol. The number of ether oxygens (including phenoxy) is 1. The number of likely N-dealkylation sites (tertiary alicyclic amines) is 1. The summed E-state index contributed by atoms with van der Waals surface area (Å²) in [6, 6.07) is 6.64. The highest BCUT2D eigenvalue weighted by Crippen LogP contribution is 2.30. The predicted octanol–water partition coefficient (Wildman–Crippen LogP) is 1.45. The van der Waals surface area contributed by atoms with E-state index in [1.807, 2.05) is 6.92 Å². The van der Waals surface area contributed by atoms with Crippen molar-refractivity contribution in [3.63, 3.8) is 0 Å². The van der Waals surface area contributed by atoms with Crippen LogP contribution in [0.3, 0.4) is 0 Å². The second kappa shape index (κ2) is 7.99. The molecule has 2 aliphatic rings. The van der Waals surface area contributed by atoms with Crippen LogP contribution in [0.2, 0.25) is 0 Å². The lowest BCUT2D eigenvalue weighted by molar-refractivity contribution is 0.0792. The van der Waals surface area contributed by atoms with Crippen molar-refractivity contribution >= 4 is 5.69 Å². The minimum Gasteiger partial charge on any atom is -0.492 e. The normalized spacial score (nSPS) is 20.7. The molecule has 0 atom stereocenters. The van der Waals surface area contributed by atoms with Crippen molar-refractivity contribution in [3.05, 3.63) is 23.8 Å². The Bertz CT molecular complexity index is 495. The minimum atomic E-state index is -0.111. The Morgan fingerprint density at radius 2 is 1.91 bits per heavy atom. The van der Waals surface area contributed by atoms with E-state index in [2.05, 4.69) is 33.3 Å². The van der Waals surface area contributed by atoms with E-state index in [1.54, 1.807) is 0 Å². The quantitative estimate of drug-likeness (QED) is 0.860. The van der Waals surface area contributed by atoms with E-state index < -0.39 is 0 Å². The molecule has 5 heteroatoms. The number of hydrogen-bond donors (Lipinski definition) is 2. The molecule has 2 aliphatic heterocycles. The number of anilines is 1. The number of hydrogen-bond acceptors (Lipinski definition) is 5. The van der Waals surface area contributed by atoms with Gasteiger partial charge in [0.05, 0.1) is 18.4 Å². The Hall–Kier alpha value is -1.30. The summed E-state index contributed by atoms with van der Waals surface area (Å²) in [5.74, 6) is 1.00. The fourth-order valence-electron chi connectivity index (χ4n) is 3.43. The van der Waals surface area contributed by atoms with Crippen molar-refractivity contribution in [2.75, 3.05) is 50.8 Å². The van der Waals surface area contributed by atoms with E-state index in [4.69, 9.17) is 4.74 Å². The lowest BCUT2D eigenvalue weighted by Gasteiger charge is -2.32. The van der Waals surface area contributed by atoms with Gasteiger partial charge in [-0.1, -0.05) is 6.07 Å². The highest BCUT2D eigenvalue weighted by Gasteiger charge is 2.19. The first-order valence-corrected chi connectivity index (χ1v) is 8.88. The molecule has 2 N–H and O–H groups in total. The topological polar surface area (TPSA) is 48.0 Å². The SMILES string of the molecule is CCOc1cc(CN2CCC(O)CC2)ccc1N1CCNCC1. The van der Waals surface area contributed by atoms with Gasteiger partial charge >= 0.3 is 0 Å². The van der Waals surface area contributed by atoms with Crippen molar-refractivity contribution in [2.24, 2.45) is 0 Å². The van der Waals surface area contributed by atoms with Crippen molar-refractivity contribution in [3.8, 4) is 5.75 Å². The third-order valence-electron chi connectivity index (χ3n) is 4.75. The third-order valence-corrected chi connectivity index (χ3v) is 4.75. The molecular formula is C18H29N3O2. The number of aliphatic hydroxyl groups excluding tert-OH is 1. The maximum absolute atomic E-state index is 9.63. The minimum absolute atomic E-state index is 0.111. The molecule has 0 aromatic heterocycles. The third kappa shape index (κ3) is 4.37. The van der Waals surface area contributed by atoms with Crippen molar-refractivity contribution < 1.29 is 9.84 Å². The van der Waals surface area contributed by atoms with Crippen LogP contribution in [0.1, 0.15) is 25.3 Å². The maximum Gasteiger partial charge on any atom is 0.142 e. The first kappa shape index (κ1) is 16.6. The first-order valence-electron chi connectivity index (χ1n) is 8.88. The van der Waals surface area contributed by atoms with E-state index in [9.17, 15) is 5.11 Å². The van der Waals surface area contributed by atoms with Gasteiger partial charge < -0.3 is 20.1 Å². The van der Waals surface area contributed by atoms with Crippen LogP contribution in [0.4, 0.5) is 5.69 Å². The molecule has 128 valence electrons. The average molecular weight is 319 g/mol. The summed E-state index contributed by atoms with van der Waals surface area (Å²) in [7, 11) is 0. The van der Waals surface area contributed by atoms with Gasteiger partial charge in [-0.15, -0.1) is 0 Å². The van der Waals surface area contributed by atoms with Crippen molar-refractivity contribution in [2.45, 2.75) is 32.4 Å². The summed E-state index contributed by atoms with van der Waals surface area (Å²) >= 11 is 0. The number of aliphatic hydroxyl groups is 1. The van der Waals surface area contributed by atoms with Gasteiger partial charge in [-0.25, -0.2) is 0 Å². The molecule has 0 saturated carbocycles. The lowest BCUT2D eigenvalue weighted by atomic mass is 10.1. The number of nitrogens with one attached hydrogen (secondary N) is 1. The van der Waals surface area contributed by atoms with Crippen molar-refractivity contribution in [1.29, 1.82) is 0 Å². The Kier molecular flexibility index (Phi) is 5.75. The van der Waals surface area contributed by atoms with Crippen LogP contribution < -0.4 is 15.0 Å². The number of benzene rings is 1. The van der Waals surface area contributed by atoms with Crippen LogP contribution in [0.15, 0.2) is 18.2 Å². The molecule has 0 bridgehead atoms. The van der Waals surface area contributed by atoms with Crippen LogP contribution in [-0.4, -0.2) is 62.0 Å². The fraction of sp³-hybridized carbons (Fsp3) is 0.667. The molecule has 0 radical (unpaired) electrons. The molecule has 23 heavy (non-hydrogen) atoms. The molecule has 0 amide bonds. The Balaban J connectivity index is 1.70. The highest BCUT2D eigenvalue weighted by atomic mass is 16.5. The summed E-state index contributed by atoms with van der Waals surface area (Å²) in [4.78, 5) is 4.82. The molecule has 5 nitrogen and oxygen atoms in total. The van der Waals surface area contributed by atoms with Gasteiger partial charge in [-0.3, -0.25) is 4.90 Å². The van der Waals surface area contributed by atoms with Gasteiger partial charge in [0.2, 0.25) is 0 Å². The summed E-state index contributed by atoms with van der Waals surface area (Å²) in [6.45, 7) is 9.75. The zero-order chi connectivity index (χ0) is 16.1. The molecule has 2 heterocycles. The maximum atomic E-state index is 9.63. The van der Waals surface area contributed by atoms with Gasteiger partial charge in [0.15, 0.2) is 0 Å². The standard InChI is InChI=1S/C18H29N3O2/c1-2-23-18-13-15(14-20-9-5-16(22)6-10-20)3-4-17(18)21-11-7-19-8-12-21/h3-4,13,16,19,22H,2,5-12,14H2,1H3. The Morgan fingerprint density at radius 1 is 1.17 bits per heavy atom. The van der Waals surface area contributed by atoms with E-state index in [0.29, 0.717) is 6.61 Å². The van der Waals surface area contributed by atoms with Crippen molar-refractivity contribution in [1.82, 2.24) is 10.2 Å². The number of piperidine rings is 1. The second-order valence-corrected chi connectivity index (χ2v) is 6.48. The summed E-state index contributed by atoms with van der Waals surface area (Å²) in [6.07, 6.45) is 1.66. The van der Waals surface area contributed by atoms with E-state index in [1.165, 1.54) is 11.3 Å². The lowest BCUT2D eigenvalue weighted by Crippen LogP contribution is -2.43. The Labute approximate surface area is 139 Å². The summed E-state index contributed by atoms with van der Waals surface area (Å²) in [5, 5.41) is 13.0. The van der Waals surface area contributed by atoms with Gasteiger partial charge in [0.25, 0.3) is 0 Å². The second-order valence-electron chi connectivity index (χ2n) is 6.48. The zero-order valence-corrected chi connectivity index (χ0v) is 14.1. The molecule has 2 saturated heterocycles. The molecule has 0 aliphatic carbocycles. The molecule has 0 spiro atoms. The van der Waals surface area contributed by atoms with Crippen LogP contribution in [0, 0.1) is 0 Å². The number of nitrogens with zero attached hydrogens (tertiary/aromatic N) is 2. The van der Waals surface area contributed by atoms with Gasteiger partial charge in [0, 0.05) is 45.8 Å². The van der Waals surface area contributed by atoms with Gasteiger partial charge in [0.1, 0.15) is 5.75 Å². The first-order chi connectivity index (χ1) is 11.3. The van der Waals surface area contributed by atoms with Gasteiger partial charge in [-0.2, -0.15) is 0 Å². The van der Waals surface area contributed by atoms with E-state index >= 15 is 0 Å². The highest BCUT2D eigenvalue weighted by molar-refractivity contribution is 5.60. The summed E-state index contributed by atoms with van der Waals surface area (Å²) in [5.41, 5.74) is 2.51. The zero-order valence-electron chi connectivity index (χ0n) is 14.1. The van der Waals surface area contributed by atoms with E-state index in [0.717, 1.165) is 64.4 Å². The molecule has 2 fully saturated rings. The molecule has 1 aromatic carbocycles. The summed E-state index contributed by atoms with van der Waals surface area (Å²) < 4.78 is 5.92. The van der Waals surface area contributed by atoms with Gasteiger partial charge in [-0.05, 0) is 37.5 Å². The molecule has 3 rings (SSSR count). The number of rotatable bonds is 5. The molecule has 0 unspecified atom stereocenters. The van der Waals surface area contributed by atoms with E-state index in [-0.39, 0.29) is 6.10 Å². The largest absolute Gasteiger partial charge is 0.492 e. The van der Waals surface area contributed by atoms with Crippen LogP contribution in [0.25, 0.3) is 0 Å². The van der Waals surface area contributed by atoms with Crippen LogP contribution in [-0.2, 0) is 6.54 Å². The number of piperazine rings is 1. The fourth-order valence-corrected chi connectivity index (χ4v) is 3.43. The predicted molar refractivity (Wildman–Crippen MR) is 93.2 cm³/mol. The Morgan fingerprint density at radius 3 is 2.61 bits per heavy atom. The van der Waals surface area contributed by atoms with Crippen LogP contribution >= 0.6 is 0 Å². The molecular weight excluding hydrogens is 290 g/mol. The van der Waals surface area contributed by atoms with Crippen LogP contribution in [0.5, 0.6) is 5.75 Å².